The van der Waals surface area contributed by atoms with Crippen molar-refractivity contribution in [2.24, 2.45) is 0 Å². The predicted octanol–water partition coefficient (Wildman–Crippen LogP) is 2.89. The fourth-order valence-corrected chi connectivity index (χ4v) is 3.04. The van der Waals surface area contributed by atoms with Crippen molar-refractivity contribution in [3.63, 3.8) is 0 Å². The van der Waals surface area contributed by atoms with Crippen LogP contribution in [0.15, 0.2) is 42.5 Å². The summed E-state index contributed by atoms with van der Waals surface area (Å²) >= 11 is 0. The molecule has 86 valence electrons. The second kappa shape index (κ2) is 3.71. The summed E-state index contributed by atoms with van der Waals surface area (Å²) in [5.74, 6) is 0. The fourth-order valence-electron chi connectivity index (χ4n) is 3.04. The van der Waals surface area contributed by atoms with Gasteiger partial charge in [0.25, 0.3) is 0 Å². The molecule has 2 aromatic rings. The van der Waals surface area contributed by atoms with Gasteiger partial charge in [0.05, 0.1) is 0 Å². The molecule has 0 unspecified atom stereocenters. The minimum atomic E-state index is 1.05. The fraction of sp³-hybridized carbons (Fsp3) is 0.111. The molecule has 0 atom stereocenters. The van der Waals surface area contributed by atoms with E-state index in [2.05, 4.69) is 60.7 Å². The lowest BCUT2D eigenvalue weighted by Crippen LogP contribution is -2.32. The molecule has 18 heavy (non-hydrogen) atoms. The van der Waals surface area contributed by atoms with Crippen LogP contribution in [0.2, 0.25) is 0 Å². The van der Waals surface area contributed by atoms with Gasteiger partial charge in [-0.2, -0.15) is 0 Å². The molecule has 2 aliphatic carbocycles. The van der Waals surface area contributed by atoms with E-state index in [0.29, 0.717) is 0 Å². The Morgan fingerprint density at radius 1 is 0.778 bits per heavy atom. The van der Waals surface area contributed by atoms with Crippen LogP contribution < -0.4 is 10.4 Å². The Hall–Kier alpha value is -2.08. The molecular formula is C18H14. The van der Waals surface area contributed by atoms with Crippen LogP contribution in [-0.2, 0) is 6.42 Å². The van der Waals surface area contributed by atoms with E-state index in [-0.39, 0.29) is 0 Å². The van der Waals surface area contributed by atoms with E-state index in [0.717, 1.165) is 12.8 Å². The van der Waals surface area contributed by atoms with Crippen molar-refractivity contribution >= 4 is 18.2 Å². The van der Waals surface area contributed by atoms with Crippen molar-refractivity contribution in [1.82, 2.24) is 0 Å². The third-order valence-electron chi connectivity index (χ3n) is 3.91. The topological polar surface area (TPSA) is 0 Å². The molecule has 0 nitrogen and oxygen atoms in total. The molecular weight excluding hydrogens is 216 g/mol. The van der Waals surface area contributed by atoms with Crippen LogP contribution in [0.4, 0.5) is 0 Å². The van der Waals surface area contributed by atoms with Crippen LogP contribution in [-0.4, -0.2) is 0 Å². The van der Waals surface area contributed by atoms with Crippen LogP contribution in [0, 0.1) is 0 Å². The lowest BCUT2D eigenvalue weighted by Gasteiger charge is -2.16. The lowest BCUT2D eigenvalue weighted by atomic mass is 9.88. The first-order valence-electron chi connectivity index (χ1n) is 6.52. The Balaban J connectivity index is 2.12. The molecule has 0 amide bonds. The quantitative estimate of drug-likeness (QED) is 0.653. The van der Waals surface area contributed by atoms with E-state index in [1.54, 1.807) is 0 Å². The number of hydrogen-bond donors (Lipinski definition) is 0. The Morgan fingerprint density at radius 3 is 2.72 bits per heavy atom. The first-order chi connectivity index (χ1) is 8.93. The molecule has 4 rings (SSSR count). The van der Waals surface area contributed by atoms with E-state index >= 15 is 0 Å². The van der Waals surface area contributed by atoms with Crippen LogP contribution >= 0.6 is 0 Å². The summed E-state index contributed by atoms with van der Waals surface area (Å²) in [7, 11) is 0. The highest BCUT2D eigenvalue weighted by Gasteiger charge is 2.11. The first kappa shape index (κ1) is 9.90. The third-order valence-corrected chi connectivity index (χ3v) is 3.91. The Labute approximate surface area is 107 Å². The Morgan fingerprint density at radius 2 is 1.72 bits per heavy atom. The van der Waals surface area contributed by atoms with Gasteiger partial charge in [-0.05, 0) is 45.5 Å². The minimum Gasteiger partial charge on any atom is -0.0801 e. The highest BCUT2D eigenvalue weighted by Crippen LogP contribution is 2.24. The van der Waals surface area contributed by atoms with Crippen molar-refractivity contribution in [1.29, 1.82) is 0 Å². The molecule has 0 heterocycles. The summed E-state index contributed by atoms with van der Waals surface area (Å²) in [5, 5.41) is 2.85. The van der Waals surface area contributed by atoms with E-state index in [1.165, 1.54) is 32.7 Å². The van der Waals surface area contributed by atoms with Crippen LogP contribution in [0.3, 0.4) is 0 Å². The molecule has 0 N–H and O–H groups in total. The number of benzene rings is 2. The van der Waals surface area contributed by atoms with Crippen molar-refractivity contribution < 1.29 is 0 Å². The largest absolute Gasteiger partial charge is 0.0801 e. The maximum absolute atomic E-state index is 2.38. The molecule has 0 spiro atoms. The molecule has 2 aliphatic rings. The summed E-state index contributed by atoms with van der Waals surface area (Å²) in [6.45, 7) is 0. The van der Waals surface area contributed by atoms with Gasteiger partial charge in [-0.1, -0.05) is 60.7 Å². The average molecular weight is 230 g/mol. The maximum atomic E-state index is 2.38. The standard InChI is InChI=1S/C18H14/c1-3-7-15-13(5-1)9-11-18-16-8-4-2-6-14(16)10-12-17(15)18/h1-3,5-8,10-12H,4,9H2. The Bertz CT molecular complexity index is 776. The SMILES string of the molecule is C1=Cc2ccc3c(c2=CC1)=CCc1ccccc1-3. The van der Waals surface area contributed by atoms with Crippen molar-refractivity contribution in [2.75, 3.05) is 0 Å². The van der Waals surface area contributed by atoms with Gasteiger partial charge in [-0.25, -0.2) is 0 Å². The third kappa shape index (κ3) is 1.32. The van der Waals surface area contributed by atoms with Crippen molar-refractivity contribution in [3.05, 3.63) is 64.0 Å². The summed E-state index contributed by atoms with van der Waals surface area (Å²) in [5.41, 5.74) is 5.59. The molecule has 0 radical (unpaired) electrons. The lowest BCUT2D eigenvalue weighted by molar-refractivity contribution is 1.26. The van der Waals surface area contributed by atoms with Gasteiger partial charge in [-0.3, -0.25) is 0 Å². The molecule has 0 aromatic heterocycles. The zero-order valence-electron chi connectivity index (χ0n) is 10.2. The summed E-state index contributed by atoms with van der Waals surface area (Å²) in [4.78, 5) is 0. The molecule has 0 saturated heterocycles. The predicted molar refractivity (Wildman–Crippen MR) is 77.4 cm³/mol. The van der Waals surface area contributed by atoms with E-state index in [9.17, 15) is 0 Å². The zero-order valence-corrected chi connectivity index (χ0v) is 10.2. The normalized spacial score (nSPS) is 14.9. The number of fused-ring (bicyclic) bond motifs is 5. The molecule has 0 fully saturated rings. The average Bonchev–Trinajstić information content (AvgIpc) is 2.46. The van der Waals surface area contributed by atoms with Gasteiger partial charge in [0, 0.05) is 0 Å². The minimum absolute atomic E-state index is 1.05. The molecule has 0 bridgehead atoms. The van der Waals surface area contributed by atoms with Crippen LogP contribution in [0.5, 0.6) is 0 Å². The van der Waals surface area contributed by atoms with Gasteiger partial charge in [0.1, 0.15) is 0 Å². The molecule has 0 heteroatoms. The zero-order chi connectivity index (χ0) is 11.9. The molecule has 0 aliphatic heterocycles. The Kier molecular flexibility index (Phi) is 2.04. The smallest absolute Gasteiger partial charge is 0.00818 e. The van der Waals surface area contributed by atoms with Gasteiger partial charge < -0.3 is 0 Å². The number of hydrogen-bond acceptors (Lipinski definition) is 0. The van der Waals surface area contributed by atoms with Gasteiger partial charge in [0.2, 0.25) is 0 Å². The maximum Gasteiger partial charge on any atom is -0.00818 e. The van der Waals surface area contributed by atoms with Crippen LogP contribution in [0.25, 0.3) is 29.4 Å². The van der Waals surface area contributed by atoms with Gasteiger partial charge in [0.15, 0.2) is 0 Å². The van der Waals surface area contributed by atoms with E-state index in [4.69, 9.17) is 0 Å². The van der Waals surface area contributed by atoms with Gasteiger partial charge in [-0.15, -0.1) is 0 Å². The second-order valence-electron chi connectivity index (χ2n) is 4.94. The van der Waals surface area contributed by atoms with Crippen molar-refractivity contribution in [3.8, 4) is 11.1 Å². The highest BCUT2D eigenvalue weighted by molar-refractivity contribution is 5.75. The summed E-state index contributed by atoms with van der Waals surface area (Å²) in [6.07, 6.45) is 11.3. The van der Waals surface area contributed by atoms with Crippen molar-refractivity contribution in [2.45, 2.75) is 12.8 Å². The molecule has 0 saturated carbocycles. The number of rotatable bonds is 0. The summed E-state index contributed by atoms with van der Waals surface area (Å²) in [6, 6.07) is 13.3. The highest BCUT2D eigenvalue weighted by atomic mass is 14.2. The number of allylic oxidation sites excluding steroid dienone is 1. The van der Waals surface area contributed by atoms with E-state index in [1.807, 2.05) is 0 Å². The van der Waals surface area contributed by atoms with Gasteiger partial charge >= 0.3 is 0 Å². The second-order valence-corrected chi connectivity index (χ2v) is 4.94. The van der Waals surface area contributed by atoms with Crippen LogP contribution in [0.1, 0.15) is 17.5 Å². The molecule has 2 aromatic carbocycles. The monoisotopic (exact) mass is 230 g/mol. The van der Waals surface area contributed by atoms with E-state index < -0.39 is 0 Å². The summed E-state index contributed by atoms with van der Waals surface area (Å²) < 4.78 is 0. The first-order valence-corrected chi connectivity index (χ1v) is 6.52.